The molecule has 0 unspecified atom stereocenters. The number of aliphatic hydroxyl groups excluding tert-OH is 2. The molecule has 0 aliphatic rings. The molecule has 0 aromatic carbocycles. The lowest BCUT2D eigenvalue weighted by molar-refractivity contribution is 0.0222. The van der Waals surface area contributed by atoms with Crippen molar-refractivity contribution in [1.29, 1.82) is 0 Å². The van der Waals surface area contributed by atoms with Crippen LogP contribution in [-0.4, -0.2) is 68.2 Å². The van der Waals surface area contributed by atoms with Crippen LogP contribution in [0.25, 0.3) is 0 Å². The predicted octanol–water partition coefficient (Wildman–Crippen LogP) is -0.685. The molecule has 3 N–H and O–H groups in total. The minimum Gasteiger partial charge on any atom is -0.450 e. The van der Waals surface area contributed by atoms with E-state index in [9.17, 15) is 0 Å². The average molecular weight is 226 g/mol. The highest BCUT2D eigenvalue weighted by molar-refractivity contribution is 5.56. The molecule has 0 spiro atoms. The second-order valence-electron chi connectivity index (χ2n) is 2.14. The van der Waals surface area contributed by atoms with Crippen molar-refractivity contribution in [2.45, 2.75) is 0 Å². The summed E-state index contributed by atoms with van der Waals surface area (Å²) in [4.78, 5) is 9.15. The highest BCUT2D eigenvalue weighted by Crippen LogP contribution is 1.76. The lowest BCUT2D eigenvalue weighted by atomic mass is 10.7. The molecule has 0 aliphatic heterocycles. The van der Waals surface area contributed by atoms with Crippen molar-refractivity contribution in [2.24, 2.45) is 0 Å². The molecule has 0 aromatic heterocycles. The lowest BCUT2D eigenvalue weighted by Gasteiger charge is -2.01. The van der Waals surface area contributed by atoms with E-state index in [0.717, 1.165) is 7.11 Å². The van der Waals surface area contributed by atoms with E-state index in [1.807, 2.05) is 0 Å². The van der Waals surface area contributed by atoms with Gasteiger partial charge in [-0.2, -0.15) is 0 Å². The van der Waals surface area contributed by atoms with E-state index in [1.165, 1.54) is 0 Å². The third-order valence-electron chi connectivity index (χ3n) is 1.02. The molecule has 0 heterocycles. The minimum atomic E-state index is -1.25. The largest absolute Gasteiger partial charge is 0.505 e. The number of rotatable bonds is 7. The summed E-state index contributed by atoms with van der Waals surface area (Å²) in [5, 5.41) is 24.0. The van der Waals surface area contributed by atoms with Gasteiger partial charge in [-0.15, -0.1) is 0 Å². The van der Waals surface area contributed by atoms with Crippen molar-refractivity contribution in [1.82, 2.24) is 0 Å². The Bertz CT molecular complexity index is 120. The van der Waals surface area contributed by atoms with Crippen LogP contribution in [0.3, 0.4) is 0 Å². The standard InChI is InChI=1S/C6H14O4.C2H4O3/c7-1-3-9-5-6-10-4-2-8;1-5-2(3)4/h7-8H,1-6H2;1H3,(H,3,4). The van der Waals surface area contributed by atoms with E-state index < -0.39 is 6.16 Å². The second-order valence-corrected chi connectivity index (χ2v) is 2.14. The van der Waals surface area contributed by atoms with Gasteiger partial charge < -0.3 is 29.5 Å². The van der Waals surface area contributed by atoms with Gasteiger partial charge in [-0.25, -0.2) is 4.79 Å². The quantitative estimate of drug-likeness (QED) is 0.390. The summed E-state index contributed by atoms with van der Waals surface area (Å²) in [5.41, 5.74) is 0. The first-order valence-electron chi connectivity index (χ1n) is 4.33. The highest BCUT2D eigenvalue weighted by Gasteiger charge is 1.86. The fraction of sp³-hybridized carbons (Fsp3) is 0.875. The summed E-state index contributed by atoms with van der Waals surface area (Å²) in [7, 11) is 1.10. The van der Waals surface area contributed by atoms with E-state index in [4.69, 9.17) is 29.6 Å². The van der Waals surface area contributed by atoms with Crippen LogP contribution < -0.4 is 0 Å². The summed E-state index contributed by atoms with van der Waals surface area (Å²) in [6, 6.07) is 0. The molecule has 92 valence electrons. The van der Waals surface area contributed by atoms with E-state index >= 15 is 0 Å². The monoisotopic (exact) mass is 226 g/mol. The van der Waals surface area contributed by atoms with Gasteiger partial charge in [-0.05, 0) is 0 Å². The van der Waals surface area contributed by atoms with Crippen molar-refractivity contribution in [3.8, 4) is 0 Å². The van der Waals surface area contributed by atoms with Gasteiger partial charge in [-0.3, -0.25) is 0 Å². The molecule has 0 aromatic rings. The molecule has 15 heavy (non-hydrogen) atoms. The molecule has 0 atom stereocenters. The third kappa shape index (κ3) is 24.6. The second kappa shape index (κ2) is 15.6. The number of methoxy groups -OCH3 is 1. The molecule has 0 saturated carbocycles. The maximum absolute atomic E-state index is 9.15. The first kappa shape index (κ1) is 16.5. The van der Waals surface area contributed by atoms with Crippen LogP contribution in [0, 0.1) is 0 Å². The number of aliphatic hydroxyl groups is 2. The Morgan fingerprint density at radius 2 is 1.33 bits per heavy atom. The minimum absolute atomic E-state index is 0.0417. The highest BCUT2D eigenvalue weighted by atomic mass is 16.6. The number of carboxylic acid groups (broad SMARTS) is 1. The smallest absolute Gasteiger partial charge is 0.450 e. The van der Waals surface area contributed by atoms with Crippen molar-refractivity contribution >= 4 is 6.16 Å². The Morgan fingerprint density at radius 1 is 1.00 bits per heavy atom. The van der Waals surface area contributed by atoms with Gasteiger partial charge in [0.25, 0.3) is 0 Å². The van der Waals surface area contributed by atoms with Crippen LogP contribution in [0.4, 0.5) is 4.79 Å². The van der Waals surface area contributed by atoms with E-state index in [2.05, 4.69) is 4.74 Å². The zero-order valence-electron chi connectivity index (χ0n) is 8.72. The molecule has 0 rings (SSSR count). The number of carbonyl (C=O) groups is 1. The Hall–Kier alpha value is -0.890. The van der Waals surface area contributed by atoms with Crippen LogP contribution in [0.15, 0.2) is 0 Å². The van der Waals surface area contributed by atoms with Crippen LogP contribution in [-0.2, 0) is 14.2 Å². The molecule has 0 aliphatic carbocycles. The van der Waals surface area contributed by atoms with Gasteiger partial charge in [-0.1, -0.05) is 0 Å². The summed E-state index contributed by atoms with van der Waals surface area (Å²) in [5.74, 6) is 0. The fourth-order valence-electron chi connectivity index (χ4n) is 0.451. The van der Waals surface area contributed by atoms with E-state index in [0.29, 0.717) is 26.4 Å². The average Bonchev–Trinajstić information content (AvgIpc) is 2.24. The molecule has 7 heteroatoms. The van der Waals surface area contributed by atoms with Crippen molar-refractivity contribution in [2.75, 3.05) is 46.8 Å². The normalized spacial score (nSPS) is 9.00. The zero-order valence-corrected chi connectivity index (χ0v) is 8.72. The van der Waals surface area contributed by atoms with Crippen LogP contribution in [0.5, 0.6) is 0 Å². The Labute approximate surface area is 88.2 Å². The van der Waals surface area contributed by atoms with E-state index in [1.54, 1.807) is 0 Å². The van der Waals surface area contributed by atoms with Gasteiger partial charge in [0.1, 0.15) is 0 Å². The van der Waals surface area contributed by atoms with Gasteiger partial charge in [0.15, 0.2) is 0 Å². The summed E-state index contributed by atoms with van der Waals surface area (Å²) >= 11 is 0. The molecule has 0 bridgehead atoms. The van der Waals surface area contributed by atoms with Crippen molar-refractivity contribution in [3.05, 3.63) is 0 Å². The third-order valence-corrected chi connectivity index (χ3v) is 1.02. The summed E-state index contributed by atoms with van der Waals surface area (Å²) < 4.78 is 13.4. The Balaban J connectivity index is 0. The van der Waals surface area contributed by atoms with Gasteiger partial charge in [0.05, 0.1) is 46.8 Å². The maximum atomic E-state index is 9.15. The van der Waals surface area contributed by atoms with Crippen LogP contribution >= 0.6 is 0 Å². The van der Waals surface area contributed by atoms with E-state index in [-0.39, 0.29) is 13.2 Å². The number of hydrogen-bond acceptors (Lipinski definition) is 6. The SMILES string of the molecule is COC(=O)O.OCCOCCOCCO. The Kier molecular flexibility index (Phi) is 17.2. The maximum Gasteiger partial charge on any atom is 0.505 e. The van der Waals surface area contributed by atoms with Gasteiger partial charge in [0.2, 0.25) is 0 Å². The molecule has 0 saturated heterocycles. The molecular weight excluding hydrogens is 208 g/mol. The lowest BCUT2D eigenvalue weighted by Crippen LogP contribution is -2.09. The summed E-state index contributed by atoms with van der Waals surface area (Å²) in [6.45, 7) is 1.73. The number of ether oxygens (including phenoxy) is 3. The summed E-state index contributed by atoms with van der Waals surface area (Å²) in [6.07, 6.45) is -1.25. The first-order chi connectivity index (χ1) is 7.18. The first-order valence-corrected chi connectivity index (χ1v) is 4.33. The van der Waals surface area contributed by atoms with Crippen LogP contribution in [0.1, 0.15) is 0 Å². The molecule has 0 fully saturated rings. The number of hydrogen-bond donors (Lipinski definition) is 3. The van der Waals surface area contributed by atoms with Crippen molar-refractivity contribution < 1.29 is 34.3 Å². The molecule has 7 nitrogen and oxygen atoms in total. The Morgan fingerprint density at radius 3 is 1.53 bits per heavy atom. The van der Waals surface area contributed by atoms with Crippen molar-refractivity contribution in [3.63, 3.8) is 0 Å². The van der Waals surface area contributed by atoms with Gasteiger partial charge >= 0.3 is 6.16 Å². The zero-order chi connectivity index (χ0) is 11.9. The molecular formula is C8H18O7. The molecule has 0 amide bonds. The fourth-order valence-corrected chi connectivity index (χ4v) is 0.451. The predicted molar refractivity (Wildman–Crippen MR) is 50.8 cm³/mol. The van der Waals surface area contributed by atoms with Gasteiger partial charge in [0, 0.05) is 0 Å². The molecule has 0 radical (unpaired) electrons. The topological polar surface area (TPSA) is 105 Å². The van der Waals surface area contributed by atoms with Crippen LogP contribution in [0.2, 0.25) is 0 Å².